The highest BCUT2D eigenvalue weighted by molar-refractivity contribution is 5.87. The van der Waals surface area contributed by atoms with Crippen LogP contribution in [0.2, 0.25) is 0 Å². The largest absolute Gasteiger partial charge is 0.466 e. The van der Waals surface area contributed by atoms with Gasteiger partial charge in [0.1, 0.15) is 0 Å². The normalized spacial score (nSPS) is 12.3. The summed E-state index contributed by atoms with van der Waals surface area (Å²) in [6, 6.07) is 0. The zero-order valence-electron chi connectivity index (χ0n) is 11.0. The van der Waals surface area contributed by atoms with Crippen LogP contribution in [0.15, 0.2) is 34.9 Å². The lowest BCUT2D eigenvalue weighted by Crippen LogP contribution is -2.00. The zero-order valence-corrected chi connectivity index (χ0v) is 11.0. The van der Waals surface area contributed by atoms with E-state index in [0.717, 1.165) is 12.8 Å². The van der Waals surface area contributed by atoms with E-state index in [1.165, 1.54) is 18.3 Å². The first-order valence-electron chi connectivity index (χ1n) is 5.53. The molecule has 90 valence electrons. The predicted octanol–water partition coefficient (Wildman–Crippen LogP) is 3.80. The molecule has 0 N–H and O–H groups in total. The van der Waals surface area contributed by atoms with Crippen molar-refractivity contribution in [2.24, 2.45) is 0 Å². The molecule has 0 aliphatic rings. The first-order chi connectivity index (χ1) is 7.47. The second-order valence-electron chi connectivity index (χ2n) is 4.17. The monoisotopic (exact) mass is 222 g/mol. The number of methoxy groups -OCH3 is 1. The standard InChI is InChI=1S/C14H22O2/c1-11(2)7-6-8-12(3)9-10-13(4)14(15)16-5/h7,9-10H,6,8H2,1-5H3/b12-9+,13-10+. The third-order valence-corrected chi connectivity index (χ3v) is 2.22. The van der Waals surface area contributed by atoms with Crippen LogP contribution < -0.4 is 0 Å². The molecule has 0 aromatic rings. The minimum absolute atomic E-state index is 0.270. The van der Waals surface area contributed by atoms with Crippen LogP contribution >= 0.6 is 0 Å². The van der Waals surface area contributed by atoms with Gasteiger partial charge in [-0.1, -0.05) is 29.4 Å². The van der Waals surface area contributed by atoms with Crippen molar-refractivity contribution in [2.75, 3.05) is 7.11 Å². The van der Waals surface area contributed by atoms with Gasteiger partial charge in [0.25, 0.3) is 0 Å². The first kappa shape index (κ1) is 14.7. The van der Waals surface area contributed by atoms with E-state index >= 15 is 0 Å². The van der Waals surface area contributed by atoms with Gasteiger partial charge in [-0.15, -0.1) is 0 Å². The highest BCUT2D eigenvalue weighted by Gasteiger charge is 2.00. The maximum atomic E-state index is 11.1. The lowest BCUT2D eigenvalue weighted by Gasteiger charge is -1.99. The number of ether oxygens (including phenoxy) is 1. The van der Waals surface area contributed by atoms with Gasteiger partial charge in [0.05, 0.1) is 7.11 Å². The number of carbonyl (C=O) groups is 1. The van der Waals surface area contributed by atoms with Crippen LogP contribution in [0.1, 0.15) is 40.5 Å². The van der Waals surface area contributed by atoms with Gasteiger partial charge in [-0.25, -0.2) is 4.79 Å². The summed E-state index contributed by atoms with van der Waals surface area (Å²) in [5, 5.41) is 0. The van der Waals surface area contributed by atoms with Crippen molar-refractivity contribution in [2.45, 2.75) is 40.5 Å². The Morgan fingerprint density at radius 3 is 2.25 bits per heavy atom. The molecular weight excluding hydrogens is 200 g/mol. The number of hydrogen-bond donors (Lipinski definition) is 0. The summed E-state index contributed by atoms with van der Waals surface area (Å²) in [6.45, 7) is 8.02. The Bertz CT molecular complexity index is 316. The first-order valence-corrected chi connectivity index (χ1v) is 5.53. The van der Waals surface area contributed by atoms with Crippen LogP contribution in [0.5, 0.6) is 0 Å². The SMILES string of the molecule is COC(=O)/C(C)=C/C=C(\C)CCC=C(C)C. The van der Waals surface area contributed by atoms with Gasteiger partial charge in [-0.05, 0) is 40.5 Å². The molecule has 0 spiro atoms. The average Bonchev–Trinajstić information content (AvgIpc) is 2.24. The molecule has 0 aliphatic heterocycles. The second-order valence-corrected chi connectivity index (χ2v) is 4.17. The summed E-state index contributed by atoms with van der Waals surface area (Å²) >= 11 is 0. The molecule has 0 radical (unpaired) electrons. The van der Waals surface area contributed by atoms with Crippen LogP contribution in [0.4, 0.5) is 0 Å². The molecular formula is C14H22O2. The molecule has 0 saturated heterocycles. The Labute approximate surface area is 98.7 Å². The molecule has 0 bridgehead atoms. The van der Waals surface area contributed by atoms with E-state index in [9.17, 15) is 4.79 Å². The minimum Gasteiger partial charge on any atom is -0.466 e. The second kappa shape index (κ2) is 7.91. The van der Waals surface area contributed by atoms with E-state index in [1.807, 2.05) is 12.2 Å². The smallest absolute Gasteiger partial charge is 0.333 e. The summed E-state index contributed by atoms with van der Waals surface area (Å²) in [5.74, 6) is -0.270. The molecule has 0 heterocycles. The van der Waals surface area contributed by atoms with Crippen molar-refractivity contribution in [1.29, 1.82) is 0 Å². The Morgan fingerprint density at radius 2 is 1.75 bits per heavy atom. The molecule has 0 fully saturated rings. The van der Waals surface area contributed by atoms with Crippen LogP contribution in [0.25, 0.3) is 0 Å². The summed E-state index contributed by atoms with van der Waals surface area (Å²) in [5.41, 5.74) is 3.24. The molecule has 0 saturated carbocycles. The summed E-state index contributed by atoms with van der Waals surface area (Å²) in [6.07, 6.45) is 8.08. The van der Waals surface area contributed by atoms with Gasteiger partial charge in [0.2, 0.25) is 0 Å². The van der Waals surface area contributed by atoms with Gasteiger partial charge in [-0.2, -0.15) is 0 Å². The maximum Gasteiger partial charge on any atom is 0.333 e. The highest BCUT2D eigenvalue weighted by atomic mass is 16.5. The van der Waals surface area contributed by atoms with E-state index in [2.05, 4.69) is 31.6 Å². The quantitative estimate of drug-likeness (QED) is 0.306. The number of carbonyl (C=O) groups excluding carboxylic acids is 1. The van der Waals surface area contributed by atoms with Crippen molar-refractivity contribution < 1.29 is 9.53 Å². The Morgan fingerprint density at radius 1 is 1.12 bits per heavy atom. The van der Waals surface area contributed by atoms with E-state index in [-0.39, 0.29) is 5.97 Å². The van der Waals surface area contributed by atoms with E-state index < -0.39 is 0 Å². The van der Waals surface area contributed by atoms with Crippen LogP contribution in [0, 0.1) is 0 Å². The van der Waals surface area contributed by atoms with E-state index in [0.29, 0.717) is 5.57 Å². The van der Waals surface area contributed by atoms with Gasteiger partial charge in [0.15, 0.2) is 0 Å². The van der Waals surface area contributed by atoms with E-state index in [1.54, 1.807) is 6.92 Å². The molecule has 0 aromatic heterocycles. The molecule has 0 rings (SSSR count). The summed E-state index contributed by atoms with van der Waals surface area (Å²) in [4.78, 5) is 11.1. The molecule has 16 heavy (non-hydrogen) atoms. The van der Waals surface area contributed by atoms with Gasteiger partial charge >= 0.3 is 5.97 Å². The van der Waals surface area contributed by atoms with Gasteiger partial charge in [0, 0.05) is 5.57 Å². The fraction of sp³-hybridized carbons (Fsp3) is 0.500. The van der Waals surface area contributed by atoms with Crippen LogP contribution in [-0.4, -0.2) is 13.1 Å². The lowest BCUT2D eigenvalue weighted by molar-refractivity contribution is -0.136. The molecule has 2 nitrogen and oxygen atoms in total. The number of hydrogen-bond acceptors (Lipinski definition) is 2. The summed E-state index contributed by atoms with van der Waals surface area (Å²) < 4.78 is 4.61. The lowest BCUT2D eigenvalue weighted by atomic mass is 10.1. The zero-order chi connectivity index (χ0) is 12.6. The molecule has 0 amide bonds. The maximum absolute atomic E-state index is 11.1. The third-order valence-electron chi connectivity index (χ3n) is 2.22. The third kappa shape index (κ3) is 7.04. The molecule has 0 aromatic carbocycles. The van der Waals surface area contributed by atoms with Crippen molar-refractivity contribution in [1.82, 2.24) is 0 Å². The van der Waals surface area contributed by atoms with Gasteiger partial charge in [-0.3, -0.25) is 0 Å². The van der Waals surface area contributed by atoms with Crippen molar-refractivity contribution in [3.63, 3.8) is 0 Å². The fourth-order valence-corrected chi connectivity index (χ4v) is 1.17. The Balaban J connectivity index is 4.23. The predicted molar refractivity (Wildman–Crippen MR) is 68.2 cm³/mol. The van der Waals surface area contributed by atoms with Crippen LogP contribution in [0.3, 0.4) is 0 Å². The summed E-state index contributed by atoms with van der Waals surface area (Å²) in [7, 11) is 1.39. The van der Waals surface area contributed by atoms with Crippen LogP contribution in [-0.2, 0) is 9.53 Å². The molecule has 0 unspecified atom stereocenters. The van der Waals surface area contributed by atoms with Gasteiger partial charge < -0.3 is 4.74 Å². The van der Waals surface area contributed by atoms with Crippen molar-refractivity contribution in [3.05, 3.63) is 34.9 Å². The molecule has 0 aliphatic carbocycles. The molecule has 0 atom stereocenters. The Kier molecular flexibility index (Phi) is 7.27. The number of esters is 1. The molecule has 2 heteroatoms. The van der Waals surface area contributed by atoms with Crippen molar-refractivity contribution in [3.8, 4) is 0 Å². The van der Waals surface area contributed by atoms with Crippen molar-refractivity contribution >= 4 is 5.97 Å². The van der Waals surface area contributed by atoms with E-state index in [4.69, 9.17) is 0 Å². The fourth-order valence-electron chi connectivity index (χ4n) is 1.17. The minimum atomic E-state index is -0.270. The Hall–Kier alpha value is -1.31. The number of rotatable bonds is 5. The average molecular weight is 222 g/mol. The number of allylic oxidation sites excluding steroid dienone is 5. The highest BCUT2D eigenvalue weighted by Crippen LogP contribution is 2.07. The topological polar surface area (TPSA) is 26.3 Å².